The van der Waals surface area contributed by atoms with Crippen LogP contribution in [0.2, 0.25) is 0 Å². The van der Waals surface area contributed by atoms with Crippen LogP contribution >= 0.6 is 0 Å². The number of benzene rings is 2. The number of carbonyl (C=O) groups is 2. The summed E-state index contributed by atoms with van der Waals surface area (Å²) in [6.45, 7) is 7.76. The Bertz CT molecular complexity index is 1020. The van der Waals surface area contributed by atoms with E-state index in [-0.39, 0.29) is 30.6 Å². The third-order valence-electron chi connectivity index (χ3n) is 5.19. The number of likely N-dealkylation sites (N-methyl/N-ethyl adjacent to an activating group) is 1. The SMILES string of the molecule is CCOC(=O)C1=C(COc2ccccc2F)N(CC)C(=O)N[C@@H]1c1ccc(C)cc1C. The molecule has 0 spiro atoms. The van der Waals surface area contributed by atoms with Gasteiger partial charge in [-0.15, -0.1) is 0 Å². The highest BCUT2D eigenvalue weighted by molar-refractivity contribution is 5.95. The molecule has 0 radical (unpaired) electrons. The van der Waals surface area contributed by atoms with Crippen molar-refractivity contribution in [2.24, 2.45) is 0 Å². The first-order chi connectivity index (χ1) is 14.9. The largest absolute Gasteiger partial charge is 0.484 e. The fourth-order valence-corrected chi connectivity index (χ4v) is 3.73. The summed E-state index contributed by atoms with van der Waals surface area (Å²) in [6, 6.07) is 10.8. The lowest BCUT2D eigenvalue weighted by Crippen LogP contribution is -2.49. The maximum absolute atomic E-state index is 14.1. The number of rotatable bonds is 7. The number of hydrogen-bond acceptors (Lipinski definition) is 4. The predicted octanol–water partition coefficient (Wildman–Crippen LogP) is 4.42. The average Bonchev–Trinajstić information content (AvgIpc) is 2.73. The zero-order valence-electron chi connectivity index (χ0n) is 18.2. The Kier molecular flexibility index (Phi) is 6.95. The number of ether oxygens (including phenoxy) is 2. The Balaban J connectivity index is 2.11. The zero-order chi connectivity index (χ0) is 22.5. The van der Waals surface area contributed by atoms with E-state index in [0.29, 0.717) is 12.2 Å². The van der Waals surface area contributed by atoms with E-state index in [1.54, 1.807) is 26.0 Å². The lowest BCUT2D eigenvalue weighted by atomic mass is 9.91. The molecule has 3 rings (SSSR count). The van der Waals surface area contributed by atoms with Gasteiger partial charge in [0.25, 0.3) is 0 Å². The van der Waals surface area contributed by atoms with E-state index in [9.17, 15) is 14.0 Å². The molecule has 31 heavy (non-hydrogen) atoms. The summed E-state index contributed by atoms with van der Waals surface area (Å²) >= 11 is 0. The number of nitrogens with one attached hydrogen (secondary N) is 1. The summed E-state index contributed by atoms with van der Waals surface area (Å²) in [7, 11) is 0. The summed E-state index contributed by atoms with van der Waals surface area (Å²) in [4.78, 5) is 27.4. The lowest BCUT2D eigenvalue weighted by Gasteiger charge is -2.36. The molecule has 2 aromatic carbocycles. The Morgan fingerprint density at radius 1 is 1.16 bits per heavy atom. The van der Waals surface area contributed by atoms with E-state index >= 15 is 0 Å². The van der Waals surface area contributed by atoms with Gasteiger partial charge in [0.05, 0.1) is 23.9 Å². The van der Waals surface area contributed by atoms with Crippen LogP contribution in [0, 0.1) is 19.7 Å². The molecule has 0 saturated heterocycles. The van der Waals surface area contributed by atoms with E-state index in [1.165, 1.54) is 17.0 Å². The van der Waals surface area contributed by atoms with Gasteiger partial charge in [-0.05, 0) is 51.0 Å². The first-order valence-corrected chi connectivity index (χ1v) is 10.3. The number of nitrogens with zero attached hydrogens (tertiary/aromatic N) is 1. The lowest BCUT2D eigenvalue weighted by molar-refractivity contribution is -0.139. The van der Waals surface area contributed by atoms with Crippen LogP contribution in [-0.2, 0) is 9.53 Å². The Labute approximate surface area is 181 Å². The Morgan fingerprint density at radius 2 is 1.90 bits per heavy atom. The number of hydrogen-bond donors (Lipinski definition) is 1. The minimum atomic E-state index is -0.700. The molecule has 1 atom stereocenters. The number of carbonyl (C=O) groups excluding carboxylic acids is 2. The molecule has 1 N–H and O–H groups in total. The van der Waals surface area contributed by atoms with E-state index < -0.39 is 17.8 Å². The second kappa shape index (κ2) is 9.64. The second-order valence-electron chi connectivity index (χ2n) is 7.29. The minimum Gasteiger partial charge on any atom is -0.484 e. The Morgan fingerprint density at radius 3 is 2.55 bits per heavy atom. The quantitative estimate of drug-likeness (QED) is 0.666. The molecule has 164 valence electrons. The average molecular weight is 426 g/mol. The predicted molar refractivity (Wildman–Crippen MR) is 115 cm³/mol. The topological polar surface area (TPSA) is 67.9 Å². The normalized spacial score (nSPS) is 16.2. The van der Waals surface area contributed by atoms with Crippen molar-refractivity contribution in [2.45, 2.75) is 33.7 Å². The molecule has 0 unspecified atom stereocenters. The number of halogens is 1. The molecule has 6 nitrogen and oxygen atoms in total. The number of esters is 1. The van der Waals surface area contributed by atoms with E-state index in [2.05, 4.69) is 5.32 Å². The van der Waals surface area contributed by atoms with Crippen molar-refractivity contribution in [1.82, 2.24) is 10.2 Å². The molecule has 0 saturated carbocycles. The number of para-hydroxylation sites is 1. The van der Waals surface area contributed by atoms with Gasteiger partial charge >= 0.3 is 12.0 Å². The van der Waals surface area contributed by atoms with Gasteiger partial charge in [0.15, 0.2) is 11.6 Å². The first-order valence-electron chi connectivity index (χ1n) is 10.3. The molecule has 0 aromatic heterocycles. The van der Waals surface area contributed by atoms with Crippen molar-refractivity contribution in [3.63, 3.8) is 0 Å². The van der Waals surface area contributed by atoms with E-state index in [4.69, 9.17) is 9.47 Å². The van der Waals surface area contributed by atoms with Crippen molar-refractivity contribution in [2.75, 3.05) is 19.8 Å². The van der Waals surface area contributed by atoms with Gasteiger partial charge in [-0.1, -0.05) is 35.9 Å². The van der Waals surface area contributed by atoms with Crippen LogP contribution in [0.5, 0.6) is 5.75 Å². The van der Waals surface area contributed by atoms with Gasteiger partial charge in [0.2, 0.25) is 0 Å². The van der Waals surface area contributed by atoms with Gasteiger partial charge in [-0.3, -0.25) is 4.90 Å². The van der Waals surface area contributed by atoms with Crippen molar-refractivity contribution in [3.05, 3.63) is 76.2 Å². The van der Waals surface area contributed by atoms with E-state index in [0.717, 1.165) is 16.7 Å². The van der Waals surface area contributed by atoms with Gasteiger partial charge in [-0.2, -0.15) is 0 Å². The molecule has 0 aliphatic carbocycles. The highest BCUT2D eigenvalue weighted by atomic mass is 19.1. The number of urea groups is 1. The highest BCUT2D eigenvalue weighted by Gasteiger charge is 2.38. The zero-order valence-corrected chi connectivity index (χ0v) is 18.2. The molecule has 0 fully saturated rings. The monoisotopic (exact) mass is 426 g/mol. The molecule has 2 amide bonds. The summed E-state index contributed by atoms with van der Waals surface area (Å²) in [5, 5.41) is 2.92. The van der Waals surface area contributed by atoms with Gasteiger partial charge < -0.3 is 14.8 Å². The van der Waals surface area contributed by atoms with Crippen molar-refractivity contribution in [3.8, 4) is 5.75 Å². The molecule has 0 bridgehead atoms. The Hall–Kier alpha value is -3.35. The van der Waals surface area contributed by atoms with Crippen LogP contribution in [0.4, 0.5) is 9.18 Å². The maximum Gasteiger partial charge on any atom is 0.338 e. The van der Waals surface area contributed by atoms with Gasteiger partial charge in [0, 0.05) is 6.54 Å². The molecule has 7 heteroatoms. The van der Waals surface area contributed by atoms with Crippen molar-refractivity contribution in [1.29, 1.82) is 0 Å². The maximum atomic E-state index is 14.1. The van der Waals surface area contributed by atoms with Crippen molar-refractivity contribution >= 4 is 12.0 Å². The summed E-state index contributed by atoms with van der Waals surface area (Å²) in [6.07, 6.45) is 0. The fraction of sp³-hybridized carbons (Fsp3) is 0.333. The third kappa shape index (κ3) is 4.71. The first kappa shape index (κ1) is 22.3. The number of amides is 2. The summed E-state index contributed by atoms with van der Waals surface area (Å²) in [5.74, 6) is -1.02. The van der Waals surface area contributed by atoms with Crippen LogP contribution < -0.4 is 10.1 Å². The molecule has 1 aliphatic heterocycles. The fourth-order valence-electron chi connectivity index (χ4n) is 3.73. The third-order valence-corrected chi connectivity index (χ3v) is 5.19. The highest BCUT2D eigenvalue weighted by Crippen LogP contribution is 2.34. The summed E-state index contributed by atoms with van der Waals surface area (Å²) in [5.41, 5.74) is 3.44. The van der Waals surface area contributed by atoms with Gasteiger partial charge in [0.1, 0.15) is 6.61 Å². The van der Waals surface area contributed by atoms with Crippen LogP contribution in [0.1, 0.15) is 36.6 Å². The van der Waals surface area contributed by atoms with Crippen LogP contribution in [0.3, 0.4) is 0 Å². The van der Waals surface area contributed by atoms with Gasteiger partial charge in [-0.25, -0.2) is 14.0 Å². The smallest absolute Gasteiger partial charge is 0.338 e. The van der Waals surface area contributed by atoms with E-state index in [1.807, 2.05) is 32.0 Å². The number of aryl methyl sites for hydroxylation is 2. The van der Waals surface area contributed by atoms with Crippen LogP contribution in [0.15, 0.2) is 53.7 Å². The van der Waals surface area contributed by atoms with Crippen LogP contribution in [0.25, 0.3) is 0 Å². The summed E-state index contributed by atoms with van der Waals surface area (Å²) < 4.78 is 25.1. The molecular formula is C24H27FN2O4. The molecule has 1 aliphatic rings. The standard InChI is InChI=1S/C24H27FN2O4/c1-5-27-19(14-31-20-10-8-7-9-18(20)25)21(23(28)30-6-2)22(26-24(27)29)17-12-11-15(3)13-16(17)4/h7-13,22H,5-6,14H2,1-4H3,(H,26,29)/t22-/m1/s1. The molecular weight excluding hydrogens is 399 g/mol. The minimum absolute atomic E-state index is 0.0447. The second-order valence-corrected chi connectivity index (χ2v) is 7.29. The van der Waals surface area contributed by atoms with Crippen LogP contribution in [-0.4, -0.2) is 36.7 Å². The molecule has 1 heterocycles. The molecule has 2 aromatic rings. The van der Waals surface area contributed by atoms with Crippen molar-refractivity contribution < 1.29 is 23.5 Å².